The molecular weight excluding hydrogens is 304 g/mol. The van der Waals surface area contributed by atoms with Crippen molar-refractivity contribution in [3.63, 3.8) is 0 Å². The van der Waals surface area contributed by atoms with E-state index in [0.717, 1.165) is 34.9 Å². The average molecular weight is 322 g/mol. The number of furan rings is 1. The Labute approximate surface area is 139 Å². The Morgan fingerprint density at radius 3 is 2.62 bits per heavy atom. The van der Waals surface area contributed by atoms with Crippen molar-refractivity contribution in [1.29, 1.82) is 0 Å². The van der Waals surface area contributed by atoms with Crippen LogP contribution in [-0.2, 0) is 4.79 Å². The number of oxazole rings is 1. The van der Waals surface area contributed by atoms with Crippen molar-refractivity contribution < 1.29 is 13.6 Å². The molecule has 122 valence electrons. The Kier molecular flexibility index (Phi) is 3.49. The molecule has 1 aromatic carbocycles. The molecule has 1 aliphatic rings. The lowest BCUT2D eigenvalue weighted by Crippen LogP contribution is -2.14. The Balaban J connectivity index is 1.41. The molecule has 0 unspecified atom stereocenters. The fourth-order valence-corrected chi connectivity index (χ4v) is 2.83. The van der Waals surface area contributed by atoms with E-state index in [0.29, 0.717) is 5.89 Å². The van der Waals surface area contributed by atoms with Crippen LogP contribution in [0.15, 0.2) is 51.5 Å². The molecule has 5 nitrogen and oxygen atoms in total. The van der Waals surface area contributed by atoms with Gasteiger partial charge in [-0.3, -0.25) is 4.79 Å². The van der Waals surface area contributed by atoms with Gasteiger partial charge in [0.05, 0.1) is 12.0 Å². The maximum absolute atomic E-state index is 12.3. The zero-order chi connectivity index (χ0) is 16.7. The number of rotatable bonds is 4. The van der Waals surface area contributed by atoms with Gasteiger partial charge in [0.15, 0.2) is 0 Å². The number of nitrogens with one attached hydrogen (secondary N) is 1. The van der Waals surface area contributed by atoms with Crippen LogP contribution in [0.3, 0.4) is 0 Å². The number of carbonyl (C=O) groups excluding carboxylic acids is 1. The fourth-order valence-electron chi connectivity index (χ4n) is 2.83. The number of hydrogen-bond acceptors (Lipinski definition) is 4. The van der Waals surface area contributed by atoms with Crippen LogP contribution in [0.4, 0.5) is 5.69 Å². The van der Waals surface area contributed by atoms with Crippen molar-refractivity contribution in [2.24, 2.45) is 5.92 Å². The van der Waals surface area contributed by atoms with Crippen molar-refractivity contribution in [3.05, 3.63) is 59.9 Å². The molecule has 0 radical (unpaired) electrons. The molecule has 1 amide bonds. The Bertz CT molecular complexity index is 843. The molecule has 2 heterocycles. The van der Waals surface area contributed by atoms with Gasteiger partial charge in [-0.05, 0) is 56.7 Å². The smallest absolute Gasteiger partial charge is 0.228 e. The number of carbonyl (C=O) groups is 1. The van der Waals surface area contributed by atoms with Gasteiger partial charge in [0.2, 0.25) is 11.8 Å². The topological polar surface area (TPSA) is 68.3 Å². The second-order valence-electron chi connectivity index (χ2n) is 6.19. The third-order valence-corrected chi connectivity index (χ3v) is 4.46. The third kappa shape index (κ3) is 2.73. The van der Waals surface area contributed by atoms with Crippen molar-refractivity contribution in [2.75, 3.05) is 5.32 Å². The van der Waals surface area contributed by atoms with Crippen LogP contribution in [0.2, 0.25) is 0 Å². The highest BCUT2D eigenvalue weighted by atomic mass is 16.4. The van der Waals surface area contributed by atoms with Gasteiger partial charge in [0, 0.05) is 23.1 Å². The second-order valence-corrected chi connectivity index (χ2v) is 6.19. The van der Waals surface area contributed by atoms with E-state index in [9.17, 15) is 4.79 Å². The van der Waals surface area contributed by atoms with Gasteiger partial charge in [0.25, 0.3) is 0 Å². The highest BCUT2D eigenvalue weighted by molar-refractivity contribution is 5.95. The maximum Gasteiger partial charge on any atom is 0.228 e. The molecule has 1 fully saturated rings. The van der Waals surface area contributed by atoms with Crippen LogP contribution in [0.25, 0.3) is 11.5 Å². The van der Waals surface area contributed by atoms with E-state index in [2.05, 4.69) is 10.3 Å². The zero-order valence-corrected chi connectivity index (χ0v) is 13.6. The maximum atomic E-state index is 12.3. The molecule has 24 heavy (non-hydrogen) atoms. The summed E-state index contributed by atoms with van der Waals surface area (Å²) in [4.78, 5) is 16.7. The monoisotopic (exact) mass is 322 g/mol. The van der Waals surface area contributed by atoms with Gasteiger partial charge in [-0.2, -0.15) is 0 Å². The number of aromatic nitrogens is 1. The van der Waals surface area contributed by atoms with E-state index in [1.165, 1.54) is 0 Å². The number of nitrogens with zero attached hydrogens (tertiary/aromatic N) is 1. The normalized spacial score (nSPS) is 19.2. The van der Waals surface area contributed by atoms with Crippen molar-refractivity contribution in [3.8, 4) is 11.5 Å². The van der Waals surface area contributed by atoms with Gasteiger partial charge < -0.3 is 14.2 Å². The molecule has 0 spiro atoms. The Morgan fingerprint density at radius 1 is 1.21 bits per heavy atom. The highest BCUT2D eigenvalue weighted by Crippen LogP contribution is 2.48. The van der Waals surface area contributed by atoms with E-state index >= 15 is 0 Å². The number of anilines is 1. The van der Waals surface area contributed by atoms with E-state index in [1.807, 2.05) is 50.2 Å². The first kappa shape index (κ1) is 14.8. The predicted octanol–water partition coefficient (Wildman–Crippen LogP) is 4.29. The summed E-state index contributed by atoms with van der Waals surface area (Å²) in [7, 11) is 0. The quantitative estimate of drug-likeness (QED) is 0.778. The van der Waals surface area contributed by atoms with Crippen LogP contribution in [-0.4, -0.2) is 10.9 Å². The van der Waals surface area contributed by atoms with Crippen LogP contribution in [0, 0.1) is 19.8 Å². The highest BCUT2D eigenvalue weighted by Gasteiger charge is 2.45. The van der Waals surface area contributed by atoms with Gasteiger partial charge >= 0.3 is 0 Å². The molecule has 5 heteroatoms. The van der Waals surface area contributed by atoms with Gasteiger partial charge in [-0.15, -0.1) is 0 Å². The first-order valence-electron chi connectivity index (χ1n) is 8.00. The minimum atomic E-state index is -0.00661. The van der Waals surface area contributed by atoms with Crippen LogP contribution < -0.4 is 5.32 Å². The lowest BCUT2D eigenvalue weighted by atomic mass is 10.2. The predicted molar refractivity (Wildman–Crippen MR) is 89.6 cm³/mol. The molecule has 0 bridgehead atoms. The van der Waals surface area contributed by atoms with Crippen LogP contribution in [0.5, 0.6) is 0 Å². The first-order valence-corrected chi connectivity index (χ1v) is 8.00. The summed E-state index contributed by atoms with van der Waals surface area (Å²) in [6.45, 7) is 3.81. The Hall–Kier alpha value is -2.82. The fraction of sp³-hybridized carbons (Fsp3) is 0.263. The third-order valence-electron chi connectivity index (χ3n) is 4.46. The number of amides is 1. The largest absolute Gasteiger partial charge is 0.469 e. The lowest BCUT2D eigenvalue weighted by Gasteiger charge is -2.05. The molecule has 2 atom stereocenters. The zero-order valence-electron chi connectivity index (χ0n) is 13.6. The molecule has 2 aromatic heterocycles. The molecule has 1 saturated carbocycles. The summed E-state index contributed by atoms with van der Waals surface area (Å²) in [6.07, 6.45) is 2.49. The summed E-state index contributed by atoms with van der Waals surface area (Å²) >= 11 is 0. The van der Waals surface area contributed by atoms with E-state index in [1.54, 1.807) is 6.26 Å². The number of hydrogen-bond donors (Lipinski definition) is 1. The van der Waals surface area contributed by atoms with Gasteiger partial charge in [-0.25, -0.2) is 4.98 Å². The van der Waals surface area contributed by atoms with E-state index < -0.39 is 0 Å². The molecule has 0 aliphatic heterocycles. The van der Waals surface area contributed by atoms with Crippen molar-refractivity contribution in [1.82, 2.24) is 4.98 Å². The second kappa shape index (κ2) is 5.67. The lowest BCUT2D eigenvalue weighted by molar-refractivity contribution is -0.117. The Morgan fingerprint density at radius 2 is 2.00 bits per heavy atom. The molecular formula is C19H18N2O3. The SMILES string of the molecule is Cc1nc(-c2ccc(NC(=O)[C@H]3C[C@H]3c3ccco3)cc2)oc1C. The molecule has 0 saturated heterocycles. The van der Waals surface area contributed by atoms with E-state index in [-0.39, 0.29) is 17.7 Å². The first-order chi connectivity index (χ1) is 11.6. The molecule has 1 N–H and O–H groups in total. The molecule has 3 aromatic rings. The number of aryl methyl sites for hydroxylation is 2. The van der Waals surface area contributed by atoms with Crippen molar-refractivity contribution in [2.45, 2.75) is 26.2 Å². The average Bonchev–Trinajstić information content (AvgIpc) is 3.05. The summed E-state index contributed by atoms with van der Waals surface area (Å²) < 4.78 is 11.0. The standard InChI is InChI=1S/C19H18N2O3/c1-11-12(2)24-19(20-11)13-5-7-14(8-6-13)21-18(22)16-10-15(16)17-4-3-9-23-17/h3-9,15-16H,10H2,1-2H3,(H,21,22)/t15-,16+/m1/s1. The number of benzene rings is 1. The molecule has 1 aliphatic carbocycles. The summed E-state index contributed by atoms with van der Waals surface area (Å²) in [5.74, 6) is 2.54. The summed E-state index contributed by atoms with van der Waals surface area (Å²) in [6, 6.07) is 11.3. The minimum Gasteiger partial charge on any atom is -0.469 e. The van der Waals surface area contributed by atoms with Crippen LogP contribution in [0.1, 0.15) is 29.6 Å². The molecule has 4 rings (SSSR count). The van der Waals surface area contributed by atoms with E-state index in [4.69, 9.17) is 8.83 Å². The van der Waals surface area contributed by atoms with Gasteiger partial charge in [0.1, 0.15) is 11.5 Å². The van der Waals surface area contributed by atoms with Gasteiger partial charge in [-0.1, -0.05) is 0 Å². The van der Waals surface area contributed by atoms with Crippen LogP contribution >= 0.6 is 0 Å². The summed E-state index contributed by atoms with van der Waals surface area (Å²) in [5.41, 5.74) is 2.55. The minimum absolute atomic E-state index is 0.00661. The van der Waals surface area contributed by atoms with Crippen molar-refractivity contribution >= 4 is 11.6 Å². The summed E-state index contributed by atoms with van der Waals surface area (Å²) in [5, 5.41) is 2.96.